The van der Waals surface area contributed by atoms with Crippen molar-refractivity contribution >= 4 is 27.5 Å². The van der Waals surface area contributed by atoms with Gasteiger partial charge in [-0.15, -0.1) is 0 Å². The lowest BCUT2D eigenvalue weighted by Gasteiger charge is -2.09. The number of aryl methyl sites for hydroxylation is 1. The van der Waals surface area contributed by atoms with Crippen molar-refractivity contribution in [2.24, 2.45) is 4.99 Å². The minimum Gasteiger partial charge on any atom is -0.457 e. The van der Waals surface area contributed by atoms with Gasteiger partial charge in [-0.25, -0.2) is 0 Å². The van der Waals surface area contributed by atoms with Crippen LogP contribution in [0.5, 0.6) is 11.5 Å². The molecule has 0 aliphatic rings. The Morgan fingerprint density at radius 1 is 1.00 bits per heavy atom. The zero-order valence-electron chi connectivity index (χ0n) is 16.9. The number of hydrogen-bond acceptors (Lipinski definition) is 4. The highest BCUT2D eigenvalue weighted by molar-refractivity contribution is 7.16. The first-order valence-corrected chi connectivity index (χ1v) is 10.5. The van der Waals surface area contributed by atoms with E-state index in [1.54, 1.807) is 19.2 Å². The second-order valence-electron chi connectivity index (χ2n) is 6.78. The number of amides is 1. The number of aromatic nitrogens is 1. The molecule has 1 amide bonds. The molecule has 5 nitrogen and oxygen atoms in total. The van der Waals surface area contributed by atoms with E-state index in [2.05, 4.69) is 22.5 Å². The predicted octanol–water partition coefficient (Wildman–Crippen LogP) is 5.19. The lowest BCUT2D eigenvalue weighted by molar-refractivity contribution is 0.0995. The van der Waals surface area contributed by atoms with Crippen LogP contribution in [0.4, 0.5) is 0 Å². The molecule has 1 heterocycles. The normalized spacial score (nSPS) is 11.7. The molecule has 3 aromatic carbocycles. The highest BCUT2D eigenvalue weighted by atomic mass is 32.1. The molecule has 0 bridgehead atoms. The summed E-state index contributed by atoms with van der Waals surface area (Å²) in [5.74, 6) is 0.820. The molecule has 4 aromatic rings. The first kappa shape index (κ1) is 20.1. The molecule has 0 N–H and O–H groups in total. The van der Waals surface area contributed by atoms with Crippen molar-refractivity contribution in [3.8, 4) is 11.5 Å². The van der Waals surface area contributed by atoms with E-state index in [0.717, 1.165) is 15.8 Å². The highest BCUT2D eigenvalue weighted by Gasteiger charge is 2.14. The first-order chi connectivity index (χ1) is 14.7. The minimum absolute atomic E-state index is 0.336. The zero-order valence-corrected chi connectivity index (χ0v) is 17.7. The van der Waals surface area contributed by atoms with E-state index in [1.165, 1.54) is 11.3 Å². The van der Waals surface area contributed by atoms with Crippen molar-refractivity contribution in [3.63, 3.8) is 0 Å². The molecular weight excluding hydrogens is 396 g/mol. The molecular formula is C24H22N2O3S. The maximum absolute atomic E-state index is 13.1. The standard InChI is InChI=1S/C24H22N2O3S/c1-17-9-8-14-21-22(17)26(15-16-28-2)24(30-21)25-23(27)19-12-6-7-13-20(19)29-18-10-4-3-5-11-18/h3-14H,15-16H2,1-2H3. The first-order valence-electron chi connectivity index (χ1n) is 9.66. The molecule has 0 aliphatic carbocycles. The summed E-state index contributed by atoms with van der Waals surface area (Å²) in [6.45, 7) is 3.22. The van der Waals surface area contributed by atoms with Gasteiger partial charge in [0.2, 0.25) is 0 Å². The number of carbonyl (C=O) groups excluding carboxylic acids is 1. The van der Waals surface area contributed by atoms with Crippen LogP contribution in [0, 0.1) is 6.92 Å². The van der Waals surface area contributed by atoms with Gasteiger partial charge in [-0.1, -0.05) is 53.8 Å². The largest absolute Gasteiger partial charge is 0.457 e. The Kier molecular flexibility index (Phi) is 6.07. The second-order valence-corrected chi connectivity index (χ2v) is 7.79. The van der Waals surface area contributed by atoms with Crippen molar-refractivity contribution in [3.05, 3.63) is 88.7 Å². The van der Waals surface area contributed by atoms with Gasteiger partial charge in [0.1, 0.15) is 11.5 Å². The van der Waals surface area contributed by atoms with Gasteiger partial charge in [0.05, 0.1) is 22.4 Å². The summed E-state index contributed by atoms with van der Waals surface area (Å²) in [6, 6.07) is 22.7. The van der Waals surface area contributed by atoms with E-state index in [9.17, 15) is 4.79 Å². The lowest BCUT2D eigenvalue weighted by atomic mass is 10.2. The van der Waals surface area contributed by atoms with Crippen LogP contribution in [0.25, 0.3) is 10.2 Å². The SMILES string of the molecule is COCCn1c(=NC(=O)c2ccccc2Oc2ccccc2)sc2cccc(C)c21. The van der Waals surface area contributed by atoms with Crippen molar-refractivity contribution < 1.29 is 14.3 Å². The van der Waals surface area contributed by atoms with Gasteiger partial charge in [-0.05, 0) is 42.8 Å². The summed E-state index contributed by atoms with van der Waals surface area (Å²) >= 11 is 1.50. The van der Waals surface area contributed by atoms with Crippen molar-refractivity contribution in [1.29, 1.82) is 0 Å². The zero-order chi connectivity index (χ0) is 20.9. The van der Waals surface area contributed by atoms with E-state index in [1.807, 2.05) is 54.6 Å². The summed E-state index contributed by atoms with van der Waals surface area (Å²) in [5, 5.41) is 0. The lowest BCUT2D eigenvalue weighted by Crippen LogP contribution is -2.19. The summed E-state index contributed by atoms with van der Waals surface area (Å²) in [6.07, 6.45) is 0. The van der Waals surface area contributed by atoms with Crippen LogP contribution in [0.3, 0.4) is 0 Å². The van der Waals surface area contributed by atoms with Crippen LogP contribution < -0.4 is 9.54 Å². The maximum Gasteiger partial charge on any atom is 0.283 e. The molecule has 0 atom stereocenters. The van der Waals surface area contributed by atoms with Gasteiger partial charge >= 0.3 is 0 Å². The quantitative estimate of drug-likeness (QED) is 0.433. The van der Waals surface area contributed by atoms with Crippen molar-refractivity contribution in [2.75, 3.05) is 13.7 Å². The number of fused-ring (bicyclic) bond motifs is 1. The van der Waals surface area contributed by atoms with Crippen LogP contribution >= 0.6 is 11.3 Å². The number of nitrogens with zero attached hydrogens (tertiary/aromatic N) is 2. The second kappa shape index (κ2) is 9.07. The molecule has 0 radical (unpaired) electrons. The van der Waals surface area contributed by atoms with Gasteiger partial charge in [-0.2, -0.15) is 4.99 Å². The number of methoxy groups -OCH3 is 1. The van der Waals surface area contributed by atoms with Crippen molar-refractivity contribution in [2.45, 2.75) is 13.5 Å². The Bertz CT molecular complexity index is 1240. The summed E-state index contributed by atoms with van der Waals surface area (Å²) in [7, 11) is 1.67. The maximum atomic E-state index is 13.1. The minimum atomic E-state index is -0.336. The van der Waals surface area contributed by atoms with Crippen LogP contribution in [0.2, 0.25) is 0 Å². The summed E-state index contributed by atoms with van der Waals surface area (Å²) in [4.78, 5) is 18.2. The Hall–Kier alpha value is -3.22. The molecule has 0 fully saturated rings. The Morgan fingerprint density at radius 2 is 1.77 bits per heavy atom. The van der Waals surface area contributed by atoms with Crippen LogP contribution in [-0.4, -0.2) is 24.2 Å². The summed E-state index contributed by atoms with van der Waals surface area (Å²) < 4.78 is 14.4. The molecule has 1 aromatic heterocycles. The number of benzene rings is 3. The molecule has 152 valence electrons. The Labute approximate surface area is 178 Å². The third-order valence-electron chi connectivity index (χ3n) is 4.71. The van der Waals surface area contributed by atoms with Gasteiger partial charge in [-0.3, -0.25) is 4.79 Å². The molecule has 6 heteroatoms. The Morgan fingerprint density at radius 3 is 2.57 bits per heavy atom. The fourth-order valence-corrected chi connectivity index (χ4v) is 4.41. The van der Waals surface area contributed by atoms with E-state index in [4.69, 9.17) is 9.47 Å². The fourth-order valence-electron chi connectivity index (χ4n) is 3.28. The molecule has 0 aliphatic heterocycles. The third-order valence-corrected chi connectivity index (χ3v) is 5.75. The van der Waals surface area contributed by atoms with Gasteiger partial charge in [0, 0.05) is 13.7 Å². The molecule has 4 rings (SSSR count). The average Bonchev–Trinajstić information content (AvgIpc) is 3.11. The van der Waals surface area contributed by atoms with Crippen LogP contribution in [-0.2, 0) is 11.3 Å². The molecule has 0 saturated carbocycles. The number of ether oxygens (including phenoxy) is 2. The number of carbonyl (C=O) groups is 1. The number of rotatable bonds is 6. The van der Waals surface area contributed by atoms with Crippen LogP contribution in [0.15, 0.2) is 77.8 Å². The average molecular weight is 419 g/mol. The van der Waals surface area contributed by atoms with E-state index < -0.39 is 0 Å². The molecule has 0 unspecified atom stereocenters. The number of hydrogen-bond donors (Lipinski definition) is 0. The van der Waals surface area contributed by atoms with E-state index in [-0.39, 0.29) is 5.91 Å². The fraction of sp³-hybridized carbons (Fsp3) is 0.167. The van der Waals surface area contributed by atoms with Crippen LogP contribution in [0.1, 0.15) is 15.9 Å². The third kappa shape index (κ3) is 4.20. The molecule has 30 heavy (non-hydrogen) atoms. The topological polar surface area (TPSA) is 52.8 Å². The van der Waals surface area contributed by atoms with Gasteiger partial charge < -0.3 is 14.0 Å². The molecule has 0 spiro atoms. The Balaban J connectivity index is 1.77. The van der Waals surface area contributed by atoms with Gasteiger partial charge in [0.25, 0.3) is 5.91 Å². The van der Waals surface area contributed by atoms with Gasteiger partial charge in [0.15, 0.2) is 4.80 Å². The highest BCUT2D eigenvalue weighted by Crippen LogP contribution is 2.26. The van der Waals surface area contributed by atoms with E-state index in [0.29, 0.717) is 35.0 Å². The van der Waals surface area contributed by atoms with Crippen molar-refractivity contribution in [1.82, 2.24) is 4.57 Å². The number of thiazole rings is 1. The smallest absolute Gasteiger partial charge is 0.283 e. The summed E-state index contributed by atoms with van der Waals surface area (Å²) in [5.41, 5.74) is 2.65. The predicted molar refractivity (Wildman–Crippen MR) is 119 cm³/mol. The monoisotopic (exact) mass is 418 g/mol. The van der Waals surface area contributed by atoms with E-state index >= 15 is 0 Å². The molecule has 0 saturated heterocycles. The number of para-hydroxylation sites is 3.